The largest absolute Gasteiger partial charge is 2.00 e. The third-order valence-corrected chi connectivity index (χ3v) is 0. The molecule has 0 aromatic carbocycles. The van der Waals surface area contributed by atoms with Gasteiger partial charge in [0.05, 0.1) is 0 Å². The number of carboxylic acid groups (broad SMARTS) is 9. The summed E-state index contributed by atoms with van der Waals surface area (Å²) in [5.41, 5.74) is 0. The van der Waals surface area contributed by atoms with Gasteiger partial charge >= 0.3 is 52.6 Å². The molecule has 0 rings (SSSR count). The average Bonchev–Trinajstić information content (AvgIpc) is 2.39. The van der Waals surface area contributed by atoms with Crippen LogP contribution < -0.4 is 75.5 Å². The molecule has 0 aliphatic rings. The third kappa shape index (κ3) is 11000. The molecule has 0 aliphatic carbocycles. The zero-order valence-electron chi connectivity index (χ0n) is 23.1. The van der Waals surface area contributed by atoms with Crippen LogP contribution in [0.2, 0.25) is 0 Å². The maximum Gasteiger partial charge on any atom is 2.00 e. The summed E-state index contributed by atoms with van der Waals surface area (Å²) in [6.45, 7) is 8.75. The van der Waals surface area contributed by atoms with Gasteiger partial charge in [-0.2, -0.15) is 0 Å². The standard InChI is InChI=1S/9C2H4O2.Mg.Na.U/c9*1-2(3)4;;;/h9*1H3,(H,3,4);;;/q;;;;;;;;;+2;+1;/p-9. The summed E-state index contributed by atoms with van der Waals surface area (Å²) in [5.74, 6) is -9.75. The summed E-state index contributed by atoms with van der Waals surface area (Å²) in [5, 5.41) is 80.0. The zero-order chi connectivity index (χ0) is 32.2. The van der Waals surface area contributed by atoms with Crippen molar-refractivity contribution in [2.75, 3.05) is 0 Å². The van der Waals surface area contributed by atoms with E-state index < -0.39 is 53.7 Å². The van der Waals surface area contributed by atoms with Crippen molar-refractivity contribution in [3.05, 3.63) is 0 Å². The first kappa shape index (κ1) is 76.7. The number of carbonyl (C=O) groups is 9. The molecule has 0 aromatic rings. The summed E-state index contributed by atoms with van der Waals surface area (Å²) in [7, 11) is 0. The molecule has 0 N–H and O–H groups in total. The van der Waals surface area contributed by atoms with Crippen molar-refractivity contribution >= 4 is 76.8 Å². The van der Waals surface area contributed by atoms with Gasteiger partial charge in [0.25, 0.3) is 0 Å². The minimum absolute atomic E-state index is 0. The van der Waals surface area contributed by atoms with E-state index in [4.69, 9.17) is 89.1 Å². The van der Waals surface area contributed by atoms with Crippen LogP contribution in [0.5, 0.6) is 0 Å². The van der Waals surface area contributed by atoms with Crippen molar-refractivity contribution in [3.8, 4) is 0 Å². The van der Waals surface area contributed by atoms with E-state index in [1.165, 1.54) is 0 Å². The molecular formula is C18H27MgNaO18U-6. The van der Waals surface area contributed by atoms with E-state index in [1.54, 1.807) is 0 Å². The number of aliphatic carboxylic acids is 9. The number of carboxylic acids is 9. The van der Waals surface area contributed by atoms with Crippen LogP contribution in [0.1, 0.15) is 62.3 Å². The fourth-order valence-electron chi connectivity index (χ4n) is 0. The topological polar surface area (TPSA) is 361 Å². The monoisotopic (exact) mass is 816 g/mol. The van der Waals surface area contributed by atoms with Crippen LogP contribution in [-0.2, 0) is 43.2 Å². The van der Waals surface area contributed by atoms with Crippen LogP contribution in [0.3, 0.4) is 0 Å². The SMILES string of the molecule is CC(=O)[O-].CC(=O)[O-].CC(=O)[O-].CC(=O)[O-].CC(=O)[O-].CC(=O)[O-].CC(=O)[O-].CC(=O)[O-].CC(=O)[O-].[Mg+2].[Na+].[U]. The van der Waals surface area contributed by atoms with Crippen molar-refractivity contribution in [2.24, 2.45) is 0 Å². The molecular weight excluding hydrogens is 790 g/mol. The van der Waals surface area contributed by atoms with E-state index >= 15 is 0 Å². The number of hydrogen-bond donors (Lipinski definition) is 0. The van der Waals surface area contributed by atoms with Gasteiger partial charge in [-0.3, -0.25) is 0 Å². The van der Waals surface area contributed by atoms with Gasteiger partial charge in [0.15, 0.2) is 0 Å². The van der Waals surface area contributed by atoms with Gasteiger partial charge in [-0.15, -0.1) is 0 Å². The second-order valence-corrected chi connectivity index (χ2v) is 4.42. The minimum Gasteiger partial charge on any atom is -0.550 e. The van der Waals surface area contributed by atoms with Crippen LogP contribution in [0.15, 0.2) is 0 Å². The Morgan fingerprint density at radius 1 is 0.282 bits per heavy atom. The Kier molecular flexibility index (Phi) is 139. The fourth-order valence-corrected chi connectivity index (χ4v) is 0. The Bertz CT molecular complexity index is 434. The van der Waals surface area contributed by atoms with Crippen LogP contribution in [0, 0.1) is 31.1 Å². The zero-order valence-corrected chi connectivity index (χ0v) is 30.6. The predicted octanol–water partition coefficient (Wildman–Crippen LogP) is -14.6. The van der Waals surface area contributed by atoms with Crippen molar-refractivity contribution in [1.82, 2.24) is 0 Å². The van der Waals surface area contributed by atoms with Gasteiger partial charge in [-0.25, -0.2) is 0 Å². The molecule has 0 fully saturated rings. The van der Waals surface area contributed by atoms with Crippen molar-refractivity contribution in [1.29, 1.82) is 0 Å². The van der Waals surface area contributed by atoms with E-state index in [0.717, 1.165) is 62.3 Å². The quantitative estimate of drug-likeness (QED) is 0.205. The number of rotatable bonds is 0. The van der Waals surface area contributed by atoms with Gasteiger partial charge in [0.2, 0.25) is 0 Å². The number of carbonyl (C=O) groups excluding carboxylic acids is 9. The Labute approximate surface area is 286 Å². The molecule has 0 aromatic heterocycles. The average molecular weight is 817 g/mol. The minimum atomic E-state index is -1.08. The fraction of sp³-hybridized carbons (Fsp3) is 0.500. The van der Waals surface area contributed by atoms with Crippen molar-refractivity contribution in [2.45, 2.75) is 62.3 Å². The molecule has 0 heterocycles. The van der Waals surface area contributed by atoms with Gasteiger partial charge < -0.3 is 89.1 Å². The molecule has 0 unspecified atom stereocenters. The first-order valence-corrected chi connectivity index (χ1v) is 8.17. The van der Waals surface area contributed by atoms with Gasteiger partial charge in [-0.05, 0) is 62.3 Å². The summed E-state index contributed by atoms with van der Waals surface area (Å²) in [6.07, 6.45) is 0. The van der Waals surface area contributed by atoms with E-state index in [1.807, 2.05) is 0 Å². The predicted molar refractivity (Wildman–Crippen MR) is 102 cm³/mol. The summed E-state index contributed by atoms with van der Waals surface area (Å²) in [4.78, 5) is 80.0. The van der Waals surface area contributed by atoms with Crippen LogP contribution >= 0.6 is 0 Å². The summed E-state index contributed by atoms with van der Waals surface area (Å²) in [6, 6.07) is 0. The van der Waals surface area contributed by atoms with Crippen molar-refractivity contribution < 1.29 is 150 Å². The second-order valence-electron chi connectivity index (χ2n) is 4.42. The Balaban J connectivity index is -0.0000000208. The molecule has 0 aliphatic heterocycles. The maximum atomic E-state index is 8.89. The molecule has 0 atom stereocenters. The smallest absolute Gasteiger partial charge is 0.550 e. The molecule has 0 saturated carbocycles. The molecule has 39 heavy (non-hydrogen) atoms. The van der Waals surface area contributed by atoms with Crippen LogP contribution in [-0.4, -0.2) is 76.8 Å². The van der Waals surface area contributed by atoms with Gasteiger partial charge in [0, 0.05) is 84.8 Å². The summed E-state index contributed by atoms with van der Waals surface area (Å²) >= 11 is 0. The molecule has 21 heteroatoms. The van der Waals surface area contributed by atoms with Crippen LogP contribution in [0.25, 0.3) is 0 Å². The first-order valence-electron chi connectivity index (χ1n) is 8.17. The normalized spacial score (nSPS) is 5.77. The molecule has 0 amide bonds. The molecule has 18 nitrogen and oxygen atoms in total. The Morgan fingerprint density at radius 2 is 0.282 bits per heavy atom. The van der Waals surface area contributed by atoms with E-state index in [2.05, 4.69) is 0 Å². The second kappa shape index (κ2) is 70.6. The van der Waals surface area contributed by atoms with Gasteiger partial charge in [-0.1, -0.05) is 0 Å². The van der Waals surface area contributed by atoms with Crippen LogP contribution in [0.4, 0.5) is 0 Å². The molecule has 220 valence electrons. The first-order chi connectivity index (χ1) is 15.6. The Morgan fingerprint density at radius 3 is 0.282 bits per heavy atom. The molecule has 0 saturated heterocycles. The van der Waals surface area contributed by atoms with E-state index in [9.17, 15) is 0 Å². The molecule has 0 bridgehead atoms. The Hall–Kier alpha value is -1.95. The molecule has 0 radical (unpaired) electrons. The maximum absolute atomic E-state index is 8.89. The summed E-state index contributed by atoms with van der Waals surface area (Å²) < 4.78 is 0. The van der Waals surface area contributed by atoms with E-state index in [-0.39, 0.29) is 83.7 Å². The van der Waals surface area contributed by atoms with Gasteiger partial charge in [0.1, 0.15) is 0 Å². The van der Waals surface area contributed by atoms with E-state index in [0.29, 0.717) is 0 Å². The molecule has 0 spiro atoms. The van der Waals surface area contributed by atoms with Crippen molar-refractivity contribution in [3.63, 3.8) is 0 Å². The third-order valence-electron chi connectivity index (χ3n) is 0. The number of hydrogen-bond acceptors (Lipinski definition) is 18.